The minimum Gasteiger partial charge on any atom is -0.480 e. The lowest BCUT2D eigenvalue weighted by Crippen LogP contribution is -2.45. The highest BCUT2D eigenvalue weighted by molar-refractivity contribution is 5.82. The average Bonchev–Trinajstić information content (AvgIpc) is 2.39. The van der Waals surface area contributed by atoms with Crippen LogP contribution in [-0.4, -0.2) is 16.6 Å². The summed E-state index contributed by atoms with van der Waals surface area (Å²) in [6.07, 6.45) is 0.428. The Hall–Kier alpha value is -2.29. The van der Waals surface area contributed by atoms with Crippen LogP contribution in [0.25, 0.3) is 0 Å². The monoisotopic (exact) mass is 269 g/mol. The summed E-state index contributed by atoms with van der Waals surface area (Å²) >= 11 is 0. The van der Waals surface area contributed by atoms with Crippen LogP contribution in [0.1, 0.15) is 18.1 Å². The molecule has 2 aromatic carbocycles. The highest BCUT2D eigenvalue weighted by atomic mass is 16.4. The molecule has 2 rings (SSSR count). The van der Waals surface area contributed by atoms with Crippen molar-refractivity contribution in [3.8, 4) is 0 Å². The lowest BCUT2D eigenvalue weighted by Gasteiger charge is -2.27. The number of aryl methyl sites for hydroxylation is 1. The van der Waals surface area contributed by atoms with Crippen molar-refractivity contribution >= 4 is 11.7 Å². The minimum absolute atomic E-state index is 0.428. The summed E-state index contributed by atoms with van der Waals surface area (Å²) in [5, 5.41) is 12.7. The van der Waals surface area contributed by atoms with E-state index in [1.54, 1.807) is 6.92 Å². The van der Waals surface area contributed by atoms with E-state index < -0.39 is 11.5 Å². The second kappa shape index (κ2) is 5.78. The molecule has 2 aromatic rings. The van der Waals surface area contributed by atoms with Crippen LogP contribution in [0.4, 0.5) is 5.69 Å². The zero-order valence-electron chi connectivity index (χ0n) is 11.8. The van der Waals surface area contributed by atoms with Crippen molar-refractivity contribution in [3.05, 3.63) is 65.7 Å². The normalized spacial score (nSPS) is 13.5. The minimum atomic E-state index is -1.03. The second-order valence-electron chi connectivity index (χ2n) is 5.29. The van der Waals surface area contributed by atoms with Gasteiger partial charge >= 0.3 is 5.97 Å². The van der Waals surface area contributed by atoms with E-state index in [0.29, 0.717) is 6.42 Å². The van der Waals surface area contributed by atoms with Gasteiger partial charge in [-0.25, -0.2) is 4.79 Å². The van der Waals surface area contributed by atoms with Crippen molar-refractivity contribution in [2.75, 3.05) is 5.32 Å². The zero-order valence-corrected chi connectivity index (χ0v) is 11.8. The molecule has 0 saturated carbocycles. The van der Waals surface area contributed by atoms with Crippen LogP contribution in [0.3, 0.4) is 0 Å². The third-order valence-corrected chi connectivity index (χ3v) is 3.31. The van der Waals surface area contributed by atoms with E-state index in [4.69, 9.17) is 0 Å². The van der Waals surface area contributed by atoms with Gasteiger partial charge in [-0.15, -0.1) is 0 Å². The predicted octanol–water partition coefficient (Wildman–Crippen LogP) is 3.49. The van der Waals surface area contributed by atoms with Gasteiger partial charge in [-0.1, -0.05) is 42.5 Å². The van der Waals surface area contributed by atoms with Gasteiger partial charge in [0.15, 0.2) is 0 Å². The molecule has 0 bridgehead atoms. The van der Waals surface area contributed by atoms with Crippen molar-refractivity contribution < 1.29 is 9.90 Å². The third-order valence-electron chi connectivity index (χ3n) is 3.31. The van der Waals surface area contributed by atoms with Gasteiger partial charge in [0.1, 0.15) is 5.54 Å². The van der Waals surface area contributed by atoms with E-state index in [1.165, 1.54) is 0 Å². The van der Waals surface area contributed by atoms with E-state index >= 15 is 0 Å². The molecule has 0 heterocycles. The number of anilines is 1. The first-order valence-electron chi connectivity index (χ1n) is 6.62. The Balaban J connectivity index is 2.23. The number of nitrogens with one attached hydrogen (secondary N) is 1. The molecule has 0 aliphatic rings. The molecule has 0 aliphatic heterocycles. The van der Waals surface area contributed by atoms with E-state index in [1.807, 2.05) is 61.5 Å². The zero-order chi connectivity index (χ0) is 14.6. The van der Waals surface area contributed by atoms with Crippen molar-refractivity contribution in [1.29, 1.82) is 0 Å². The molecular weight excluding hydrogens is 250 g/mol. The molecule has 0 aliphatic carbocycles. The lowest BCUT2D eigenvalue weighted by molar-refractivity contribution is -0.141. The Morgan fingerprint density at radius 3 is 2.45 bits per heavy atom. The molecular formula is C17H19NO2. The first-order chi connectivity index (χ1) is 9.49. The van der Waals surface area contributed by atoms with Crippen LogP contribution in [0.5, 0.6) is 0 Å². The SMILES string of the molecule is Cc1cccc(NC(C)(Cc2ccccc2)C(=O)O)c1. The molecule has 1 atom stereocenters. The maximum Gasteiger partial charge on any atom is 0.329 e. The van der Waals surface area contributed by atoms with E-state index in [0.717, 1.165) is 16.8 Å². The molecule has 0 amide bonds. The molecule has 0 saturated heterocycles. The van der Waals surface area contributed by atoms with Gasteiger partial charge in [0, 0.05) is 12.1 Å². The predicted molar refractivity (Wildman–Crippen MR) is 81.0 cm³/mol. The van der Waals surface area contributed by atoms with Crippen LogP contribution >= 0.6 is 0 Å². The Kier molecular flexibility index (Phi) is 4.08. The van der Waals surface area contributed by atoms with Gasteiger partial charge in [0.25, 0.3) is 0 Å². The van der Waals surface area contributed by atoms with E-state index in [2.05, 4.69) is 5.32 Å². The first kappa shape index (κ1) is 14.1. The number of rotatable bonds is 5. The van der Waals surface area contributed by atoms with Crippen LogP contribution in [0.2, 0.25) is 0 Å². The summed E-state index contributed by atoms with van der Waals surface area (Å²) < 4.78 is 0. The van der Waals surface area contributed by atoms with Crippen molar-refractivity contribution in [2.45, 2.75) is 25.8 Å². The molecule has 1 unspecified atom stereocenters. The fraction of sp³-hybridized carbons (Fsp3) is 0.235. The topological polar surface area (TPSA) is 49.3 Å². The molecule has 2 N–H and O–H groups in total. The fourth-order valence-electron chi connectivity index (χ4n) is 2.22. The summed E-state index contributed by atoms with van der Waals surface area (Å²) in [5.41, 5.74) is 1.89. The summed E-state index contributed by atoms with van der Waals surface area (Å²) in [5.74, 6) is -0.858. The van der Waals surface area contributed by atoms with Crippen LogP contribution in [0.15, 0.2) is 54.6 Å². The van der Waals surface area contributed by atoms with Crippen LogP contribution < -0.4 is 5.32 Å². The maximum atomic E-state index is 11.7. The largest absolute Gasteiger partial charge is 0.480 e. The molecule has 20 heavy (non-hydrogen) atoms. The van der Waals surface area contributed by atoms with Crippen molar-refractivity contribution in [3.63, 3.8) is 0 Å². The highest BCUT2D eigenvalue weighted by Gasteiger charge is 2.33. The fourth-order valence-corrected chi connectivity index (χ4v) is 2.22. The highest BCUT2D eigenvalue weighted by Crippen LogP contribution is 2.21. The van der Waals surface area contributed by atoms with Crippen molar-refractivity contribution in [2.24, 2.45) is 0 Å². The summed E-state index contributed by atoms with van der Waals surface area (Å²) in [4.78, 5) is 11.7. The number of carboxylic acids is 1. The van der Waals surface area contributed by atoms with Gasteiger partial charge < -0.3 is 10.4 Å². The Labute approximate surface area is 119 Å². The number of hydrogen-bond acceptors (Lipinski definition) is 2. The number of carbonyl (C=O) groups is 1. The summed E-state index contributed by atoms with van der Waals surface area (Å²) in [6.45, 7) is 3.70. The Morgan fingerprint density at radius 2 is 1.85 bits per heavy atom. The molecule has 0 fully saturated rings. The molecule has 0 radical (unpaired) electrons. The van der Waals surface area contributed by atoms with Crippen molar-refractivity contribution in [1.82, 2.24) is 0 Å². The van der Waals surface area contributed by atoms with Gasteiger partial charge in [0.05, 0.1) is 0 Å². The molecule has 0 aromatic heterocycles. The number of aliphatic carboxylic acids is 1. The molecule has 0 spiro atoms. The smallest absolute Gasteiger partial charge is 0.329 e. The van der Waals surface area contributed by atoms with E-state index in [9.17, 15) is 9.90 Å². The van der Waals surface area contributed by atoms with E-state index in [-0.39, 0.29) is 0 Å². The van der Waals surface area contributed by atoms with Crippen LogP contribution in [0, 0.1) is 6.92 Å². The average molecular weight is 269 g/mol. The molecule has 3 nitrogen and oxygen atoms in total. The quantitative estimate of drug-likeness (QED) is 0.873. The number of carboxylic acid groups (broad SMARTS) is 1. The van der Waals surface area contributed by atoms with Gasteiger partial charge in [0.2, 0.25) is 0 Å². The Bertz CT molecular complexity index is 595. The van der Waals surface area contributed by atoms with Crippen LogP contribution in [-0.2, 0) is 11.2 Å². The second-order valence-corrected chi connectivity index (χ2v) is 5.29. The number of hydrogen-bond donors (Lipinski definition) is 2. The van der Waals surface area contributed by atoms with Gasteiger partial charge in [-0.3, -0.25) is 0 Å². The molecule has 3 heteroatoms. The lowest BCUT2D eigenvalue weighted by atomic mass is 9.92. The third kappa shape index (κ3) is 3.38. The first-order valence-corrected chi connectivity index (χ1v) is 6.62. The van der Waals surface area contributed by atoms with Gasteiger partial charge in [-0.2, -0.15) is 0 Å². The summed E-state index contributed by atoms with van der Waals surface area (Å²) in [6, 6.07) is 17.4. The molecule has 104 valence electrons. The maximum absolute atomic E-state index is 11.7. The standard InChI is InChI=1S/C17H19NO2/c1-13-7-6-10-15(11-13)18-17(2,16(19)20)12-14-8-4-3-5-9-14/h3-11,18H,12H2,1-2H3,(H,19,20). The Morgan fingerprint density at radius 1 is 1.15 bits per heavy atom. The number of benzene rings is 2. The summed E-state index contributed by atoms with van der Waals surface area (Å²) in [7, 11) is 0. The van der Waals surface area contributed by atoms with Gasteiger partial charge in [-0.05, 0) is 37.1 Å².